The molecule has 9 nitrogen and oxygen atoms in total. The summed E-state index contributed by atoms with van der Waals surface area (Å²) in [5.74, 6) is 0. The van der Waals surface area contributed by atoms with Gasteiger partial charge in [0.05, 0.1) is 35.4 Å². The molecule has 10 heteroatoms. The highest BCUT2D eigenvalue weighted by Gasteiger charge is 2.48. The van der Waals surface area contributed by atoms with Gasteiger partial charge in [0.1, 0.15) is 0 Å². The number of nitrogens with zero attached hydrogens (tertiary/aromatic N) is 6. The Kier molecular flexibility index (Phi) is 5.59. The fourth-order valence-electron chi connectivity index (χ4n) is 5.28. The highest BCUT2D eigenvalue weighted by molar-refractivity contribution is 7.67. The topological polar surface area (TPSA) is 86.8 Å². The molecule has 0 aromatic heterocycles. The van der Waals surface area contributed by atoms with Crippen molar-refractivity contribution in [1.82, 2.24) is 9.45 Å². The largest absolute Gasteiger partial charge is 0.379 e. The van der Waals surface area contributed by atoms with Crippen LogP contribution in [-0.2, 0) is 10.2 Å². The van der Waals surface area contributed by atoms with E-state index in [0.717, 1.165) is 11.0 Å². The lowest BCUT2D eigenvalue weighted by Crippen LogP contribution is -2.37. The predicted molar refractivity (Wildman–Crippen MR) is 136 cm³/mol. The zero-order chi connectivity index (χ0) is 24.1. The number of ether oxygens (including phenoxy) is 1. The third kappa shape index (κ3) is 3.38. The van der Waals surface area contributed by atoms with Crippen molar-refractivity contribution in [1.29, 1.82) is 0 Å². The van der Waals surface area contributed by atoms with E-state index in [9.17, 15) is 10.1 Å². The van der Waals surface area contributed by atoms with Crippen molar-refractivity contribution in [2.24, 2.45) is 9.85 Å². The fraction of sp³-hybridized carbons (Fsp3) is 0.375. The zero-order valence-corrected chi connectivity index (χ0v) is 20.8. The summed E-state index contributed by atoms with van der Waals surface area (Å²) in [5.41, 5.74) is 3.96. The maximum atomic E-state index is 11.5. The number of hydrogen-bond acceptors (Lipinski definition) is 6. The van der Waals surface area contributed by atoms with Crippen LogP contribution in [0.15, 0.2) is 69.4 Å². The molecule has 3 heterocycles. The molecule has 0 radical (unpaired) electrons. The van der Waals surface area contributed by atoms with Gasteiger partial charge in [-0.15, -0.1) is 0 Å². The van der Waals surface area contributed by atoms with E-state index in [0.29, 0.717) is 32.0 Å². The van der Waals surface area contributed by atoms with Crippen LogP contribution in [0.2, 0.25) is 0 Å². The number of fused-ring (bicyclic) bond motifs is 1. The van der Waals surface area contributed by atoms with E-state index < -0.39 is 7.36 Å². The van der Waals surface area contributed by atoms with Gasteiger partial charge in [-0.1, -0.05) is 38.1 Å². The first-order valence-corrected chi connectivity index (χ1v) is 13.0. The molecule has 34 heavy (non-hydrogen) atoms. The number of likely N-dealkylation sites (N-methyl/N-ethyl adjacent to an activating group) is 1. The van der Waals surface area contributed by atoms with Gasteiger partial charge < -0.3 is 9.64 Å². The number of non-ortho nitro benzene ring substituents is 1. The average Bonchev–Trinajstić information content (AvgIpc) is 3.25. The molecular weight excluding hydrogens is 451 g/mol. The van der Waals surface area contributed by atoms with Gasteiger partial charge in [0.15, 0.2) is 7.36 Å². The Morgan fingerprint density at radius 2 is 1.85 bits per heavy atom. The Morgan fingerprint density at radius 3 is 2.56 bits per heavy atom. The predicted octanol–water partition coefficient (Wildman–Crippen LogP) is 5.16. The van der Waals surface area contributed by atoms with E-state index in [4.69, 9.17) is 14.6 Å². The molecule has 2 aromatic carbocycles. The van der Waals surface area contributed by atoms with Crippen LogP contribution in [-0.4, -0.2) is 61.0 Å². The van der Waals surface area contributed by atoms with Gasteiger partial charge in [-0.25, -0.2) is 14.2 Å². The van der Waals surface area contributed by atoms with E-state index in [1.165, 1.54) is 17.3 Å². The minimum atomic E-state index is -2.59. The standard InChI is InChI=1S/C24H29N6O3P/c1-24(2)20-10-5-6-11-21(20)27(3)23(24)22-17-25-28(4)34(22,29-12-14-33-15-13-29)26-18-8-7-9-19(16-18)30(31)32/h5-11,16-17H,12-15H2,1-4H3/b23-22+/t34-/m0/s1. The highest BCUT2D eigenvalue weighted by atomic mass is 31.2. The minimum absolute atomic E-state index is 0.0315. The van der Waals surface area contributed by atoms with Crippen LogP contribution >= 0.6 is 7.36 Å². The highest BCUT2D eigenvalue weighted by Crippen LogP contribution is 2.69. The third-order valence-electron chi connectivity index (χ3n) is 6.86. The van der Waals surface area contributed by atoms with Gasteiger partial charge >= 0.3 is 0 Å². The molecule has 0 spiro atoms. The lowest BCUT2D eigenvalue weighted by Gasteiger charge is -2.41. The quantitative estimate of drug-likeness (QED) is 0.343. The molecule has 0 aliphatic carbocycles. The number of nitro groups is 1. The number of nitro benzene ring substituents is 1. The summed E-state index contributed by atoms with van der Waals surface area (Å²) in [6.07, 6.45) is 1.95. The van der Waals surface area contributed by atoms with Crippen LogP contribution in [0, 0.1) is 10.1 Å². The molecule has 5 rings (SSSR count). The first-order chi connectivity index (χ1) is 16.3. The minimum Gasteiger partial charge on any atom is -0.379 e. The number of rotatable bonds is 3. The van der Waals surface area contributed by atoms with Crippen molar-refractivity contribution in [2.75, 3.05) is 45.3 Å². The number of anilines is 1. The third-order valence-corrected chi connectivity index (χ3v) is 10.4. The van der Waals surface area contributed by atoms with E-state index in [1.54, 1.807) is 12.1 Å². The Morgan fingerprint density at radius 1 is 1.12 bits per heavy atom. The molecule has 3 aliphatic rings. The molecule has 1 saturated heterocycles. The number of morpholine rings is 1. The summed E-state index contributed by atoms with van der Waals surface area (Å²) in [4.78, 5) is 13.3. The maximum Gasteiger partial charge on any atom is 0.271 e. The van der Waals surface area contributed by atoms with Crippen LogP contribution in [0.3, 0.4) is 0 Å². The summed E-state index contributed by atoms with van der Waals surface area (Å²) in [7, 11) is 1.48. The van der Waals surface area contributed by atoms with Crippen molar-refractivity contribution in [3.8, 4) is 0 Å². The number of allylic oxidation sites excluding steroid dienone is 2. The summed E-state index contributed by atoms with van der Waals surface area (Å²) in [5, 5.41) is 17.3. The molecule has 3 aliphatic heterocycles. The second-order valence-corrected chi connectivity index (χ2v) is 12.1. The Bertz CT molecular complexity index is 1260. The molecule has 0 bridgehead atoms. The van der Waals surface area contributed by atoms with Crippen molar-refractivity contribution in [3.63, 3.8) is 0 Å². The maximum absolute atomic E-state index is 11.5. The average molecular weight is 481 g/mol. The van der Waals surface area contributed by atoms with Gasteiger partial charge in [-0.3, -0.25) is 10.1 Å². The van der Waals surface area contributed by atoms with Gasteiger partial charge in [0.25, 0.3) is 5.69 Å². The van der Waals surface area contributed by atoms with Crippen molar-refractivity contribution < 1.29 is 9.66 Å². The van der Waals surface area contributed by atoms with E-state index in [1.807, 2.05) is 24.1 Å². The molecule has 1 atom stereocenters. The molecule has 0 unspecified atom stereocenters. The Hall–Kier alpha value is -3.00. The zero-order valence-electron chi connectivity index (χ0n) is 19.9. The summed E-state index contributed by atoms with van der Waals surface area (Å²) in [6.45, 7) is 7.14. The Labute approximate surface area is 199 Å². The number of hydrazone groups is 1. The van der Waals surface area contributed by atoms with Crippen LogP contribution in [0.5, 0.6) is 0 Å². The molecule has 178 valence electrons. The number of hydrogen-bond donors (Lipinski definition) is 0. The van der Waals surface area contributed by atoms with Gasteiger partial charge in [0.2, 0.25) is 0 Å². The molecule has 1 fully saturated rings. The van der Waals surface area contributed by atoms with Gasteiger partial charge in [-0.2, -0.15) is 5.10 Å². The second-order valence-electron chi connectivity index (χ2n) is 9.18. The summed E-state index contributed by atoms with van der Waals surface area (Å²) >= 11 is 0. The first kappa shape index (κ1) is 22.8. The second kappa shape index (κ2) is 8.34. The lowest BCUT2D eigenvalue weighted by molar-refractivity contribution is -0.384. The normalized spacial score (nSPS) is 26.1. The van der Waals surface area contributed by atoms with Crippen LogP contribution < -0.4 is 4.90 Å². The molecule has 2 aromatic rings. The molecule has 0 saturated carbocycles. The van der Waals surface area contributed by atoms with Crippen molar-refractivity contribution in [2.45, 2.75) is 19.3 Å². The monoisotopic (exact) mass is 480 g/mol. The fourth-order valence-corrected chi connectivity index (χ4v) is 8.91. The summed E-state index contributed by atoms with van der Waals surface area (Å²) < 4.78 is 15.3. The molecule has 0 amide bonds. The van der Waals surface area contributed by atoms with Gasteiger partial charge in [-0.05, 0) is 17.7 Å². The van der Waals surface area contributed by atoms with Crippen LogP contribution in [0.25, 0.3) is 0 Å². The van der Waals surface area contributed by atoms with Crippen molar-refractivity contribution >= 4 is 30.6 Å². The smallest absolute Gasteiger partial charge is 0.271 e. The van der Waals surface area contributed by atoms with Crippen molar-refractivity contribution in [3.05, 3.63) is 75.2 Å². The molecule has 0 N–H and O–H groups in total. The number of benzene rings is 2. The van der Waals surface area contributed by atoms with E-state index >= 15 is 0 Å². The Balaban J connectivity index is 1.80. The van der Waals surface area contributed by atoms with Crippen LogP contribution in [0.4, 0.5) is 17.1 Å². The molecular formula is C24H29N6O3P. The number of para-hydroxylation sites is 1. The lowest BCUT2D eigenvalue weighted by atomic mass is 9.84. The van der Waals surface area contributed by atoms with Crippen LogP contribution in [0.1, 0.15) is 19.4 Å². The summed E-state index contributed by atoms with van der Waals surface area (Å²) in [6, 6.07) is 15.0. The van der Waals surface area contributed by atoms with E-state index in [2.05, 4.69) is 54.7 Å². The van der Waals surface area contributed by atoms with E-state index in [-0.39, 0.29) is 16.0 Å². The SMILES string of the molecule is CN1/C(=C2\C=NN(C)[P@]2(=Nc2cccc([N+](=O)[O-])c2)N2CCOCC2)C(C)(C)c2ccccc21. The first-order valence-electron chi connectivity index (χ1n) is 11.3. The van der Waals surface area contributed by atoms with Gasteiger partial charge in [0, 0.05) is 56.1 Å².